The van der Waals surface area contributed by atoms with Crippen LogP contribution in [0, 0.1) is 0 Å². The monoisotopic (exact) mass is 409 g/mol. The molecule has 0 bridgehead atoms. The van der Waals surface area contributed by atoms with Crippen LogP contribution in [0.5, 0.6) is 5.75 Å². The Morgan fingerprint density at radius 1 is 0.931 bits per heavy atom. The van der Waals surface area contributed by atoms with Gasteiger partial charge >= 0.3 is 5.97 Å². The zero-order valence-electron chi connectivity index (χ0n) is 15.3. The third-order valence-corrected chi connectivity index (χ3v) is 4.02. The highest BCUT2D eigenvalue weighted by Crippen LogP contribution is 2.19. The molecule has 7 nitrogen and oxygen atoms in total. The van der Waals surface area contributed by atoms with E-state index < -0.39 is 11.9 Å². The molecule has 0 fully saturated rings. The second kappa shape index (κ2) is 9.48. The smallest absolute Gasteiger partial charge is 0.362 e. The summed E-state index contributed by atoms with van der Waals surface area (Å²) in [5.74, 6) is -0.385. The topological polar surface area (TPSA) is 89.3 Å². The van der Waals surface area contributed by atoms with Gasteiger partial charge in [0.2, 0.25) is 0 Å². The summed E-state index contributed by atoms with van der Waals surface area (Å²) in [5, 5.41) is 8.05. The van der Waals surface area contributed by atoms with Crippen molar-refractivity contribution in [1.82, 2.24) is 0 Å². The van der Waals surface area contributed by atoms with Crippen molar-refractivity contribution < 1.29 is 19.2 Å². The predicted octanol–water partition coefficient (Wildman–Crippen LogP) is 5.46. The molecule has 0 atom stereocenters. The van der Waals surface area contributed by atoms with Crippen molar-refractivity contribution >= 4 is 34.9 Å². The molecule has 3 rings (SSSR count). The Bertz CT molecular complexity index is 1030. The molecule has 0 spiro atoms. The van der Waals surface area contributed by atoms with E-state index >= 15 is 0 Å². The van der Waals surface area contributed by atoms with E-state index in [1.165, 1.54) is 6.07 Å². The molecular formula is C21H16ClN3O4. The minimum Gasteiger partial charge on any atom is -0.497 e. The molecule has 29 heavy (non-hydrogen) atoms. The van der Waals surface area contributed by atoms with Crippen LogP contribution in [0.2, 0.25) is 5.02 Å². The first-order valence-corrected chi connectivity index (χ1v) is 8.86. The summed E-state index contributed by atoms with van der Waals surface area (Å²) in [6.45, 7) is 0. The van der Waals surface area contributed by atoms with Crippen LogP contribution in [0.4, 0.5) is 11.4 Å². The standard InChI is InChI=1S/C21H16ClN3O4/c1-28-19-11-5-14(6-12-19)20(26)24-23-17-7-9-18(10-8-17)25-29-21(27)15-3-2-4-16(22)13-15/h2-13,25H,1H3. The van der Waals surface area contributed by atoms with E-state index in [4.69, 9.17) is 21.2 Å². The Kier molecular flexibility index (Phi) is 6.55. The van der Waals surface area contributed by atoms with Gasteiger partial charge in [-0.3, -0.25) is 4.79 Å². The normalized spacial score (nSPS) is 10.6. The number of ether oxygens (including phenoxy) is 1. The maximum atomic E-state index is 12.0. The number of carbonyl (C=O) groups excluding carboxylic acids is 2. The van der Waals surface area contributed by atoms with Crippen molar-refractivity contribution in [3.8, 4) is 5.75 Å². The van der Waals surface area contributed by atoms with Gasteiger partial charge in [-0.1, -0.05) is 17.7 Å². The molecule has 1 amide bonds. The maximum absolute atomic E-state index is 12.0. The van der Waals surface area contributed by atoms with Gasteiger partial charge in [-0.25, -0.2) is 10.3 Å². The van der Waals surface area contributed by atoms with Crippen molar-refractivity contribution in [3.05, 3.63) is 88.9 Å². The van der Waals surface area contributed by atoms with E-state index in [2.05, 4.69) is 15.7 Å². The van der Waals surface area contributed by atoms with Gasteiger partial charge in [0.1, 0.15) is 5.75 Å². The first-order chi connectivity index (χ1) is 14.0. The number of carbonyl (C=O) groups is 2. The van der Waals surface area contributed by atoms with Gasteiger partial charge in [0, 0.05) is 10.6 Å². The Hall–Kier alpha value is -3.71. The molecule has 0 aromatic heterocycles. The first kappa shape index (κ1) is 20.0. The van der Waals surface area contributed by atoms with Crippen molar-refractivity contribution in [2.24, 2.45) is 10.2 Å². The number of nitrogens with one attached hydrogen (secondary N) is 1. The fourth-order valence-electron chi connectivity index (χ4n) is 2.27. The van der Waals surface area contributed by atoms with Gasteiger partial charge in [-0.15, -0.1) is 10.2 Å². The molecule has 0 saturated carbocycles. The quantitative estimate of drug-likeness (QED) is 0.431. The number of anilines is 1. The minimum absolute atomic E-state index is 0.326. The highest BCUT2D eigenvalue weighted by Gasteiger charge is 2.08. The van der Waals surface area contributed by atoms with Crippen molar-refractivity contribution in [1.29, 1.82) is 0 Å². The minimum atomic E-state index is -0.568. The lowest BCUT2D eigenvalue weighted by Crippen LogP contribution is -2.10. The van der Waals surface area contributed by atoms with Gasteiger partial charge in [0.15, 0.2) is 0 Å². The maximum Gasteiger partial charge on any atom is 0.362 e. The van der Waals surface area contributed by atoms with E-state index in [0.29, 0.717) is 33.3 Å². The summed E-state index contributed by atoms with van der Waals surface area (Å²) in [6, 6.07) is 19.5. The molecule has 1 N–H and O–H groups in total. The lowest BCUT2D eigenvalue weighted by molar-refractivity contribution is 0.0596. The molecule has 3 aromatic carbocycles. The molecule has 8 heteroatoms. The van der Waals surface area contributed by atoms with Crippen LogP contribution in [-0.2, 0) is 4.84 Å². The molecule has 0 aliphatic carbocycles. The lowest BCUT2D eigenvalue weighted by Gasteiger charge is -2.07. The van der Waals surface area contributed by atoms with E-state index in [0.717, 1.165) is 0 Å². The van der Waals surface area contributed by atoms with Gasteiger partial charge in [-0.05, 0) is 66.7 Å². The zero-order valence-corrected chi connectivity index (χ0v) is 16.1. The summed E-state index contributed by atoms with van der Waals surface area (Å²) < 4.78 is 5.05. The summed E-state index contributed by atoms with van der Waals surface area (Å²) >= 11 is 5.85. The number of benzene rings is 3. The second-order valence-electron chi connectivity index (χ2n) is 5.78. The molecule has 146 valence electrons. The predicted molar refractivity (Wildman–Crippen MR) is 109 cm³/mol. The largest absolute Gasteiger partial charge is 0.497 e. The average Bonchev–Trinajstić information content (AvgIpc) is 2.76. The first-order valence-electron chi connectivity index (χ1n) is 8.48. The molecule has 0 unspecified atom stereocenters. The highest BCUT2D eigenvalue weighted by atomic mass is 35.5. The molecule has 0 aliphatic heterocycles. The van der Waals surface area contributed by atoms with Gasteiger partial charge in [-0.2, -0.15) is 0 Å². The second-order valence-corrected chi connectivity index (χ2v) is 6.22. The summed E-state index contributed by atoms with van der Waals surface area (Å²) in [7, 11) is 1.55. The Labute approximate surface area is 171 Å². The third-order valence-electron chi connectivity index (χ3n) is 3.78. The van der Waals surface area contributed by atoms with Gasteiger partial charge < -0.3 is 9.57 Å². The molecule has 0 aliphatic rings. The fourth-order valence-corrected chi connectivity index (χ4v) is 2.46. The number of rotatable bonds is 6. The van der Waals surface area contributed by atoms with E-state index in [9.17, 15) is 9.59 Å². The zero-order chi connectivity index (χ0) is 20.6. The van der Waals surface area contributed by atoms with Crippen LogP contribution in [0.25, 0.3) is 0 Å². The number of hydrogen-bond acceptors (Lipinski definition) is 6. The summed E-state index contributed by atoms with van der Waals surface area (Å²) in [5.41, 5.74) is 4.28. The fraction of sp³-hybridized carbons (Fsp3) is 0.0476. The highest BCUT2D eigenvalue weighted by molar-refractivity contribution is 6.30. The number of halogens is 1. The van der Waals surface area contributed by atoms with Crippen molar-refractivity contribution in [3.63, 3.8) is 0 Å². The number of hydrogen-bond donors (Lipinski definition) is 1. The van der Waals surface area contributed by atoms with Crippen LogP contribution in [0.1, 0.15) is 20.7 Å². The van der Waals surface area contributed by atoms with E-state index in [1.54, 1.807) is 73.8 Å². The van der Waals surface area contributed by atoms with E-state index in [-0.39, 0.29) is 0 Å². The van der Waals surface area contributed by atoms with Crippen molar-refractivity contribution in [2.45, 2.75) is 0 Å². The van der Waals surface area contributed by atoms with Crippen LogP contribution in [-0.4, -0.2) is 19.0 Å². The average molecular weight is 410 g/mol. The van der Waals surface area contributed by atoms with E-state index in [1.807, 2.05) is 0 Å². The number of azo groups is 1. The molecule has 0 saturated heterocycles. The van der Waals surface area contributed by atoms with Crippen LogP contribution < -0.4 is 10.2 Å². The molecule has 0 radical (unpaired) electrons. The Morgan fingerprint density at radius 3 is 2.31 bits per heavy atom. The Morgan fingerprint density at radius 2 is 1.66 bits per heavy atom. The third kappa shape index (κ3) is 5.63. The molecule has 0 heterocycles. The van der Waals surface area contributed by atoms with Crippen molar-refractivity contribution in [2.75, 3.05) is 12.6 Å². The lowest BCUT2D eigenvalue weighted by atomic mass is 10.2. The van der Waals surface area contributed by atoms with Crippen LogP contribution >= 0.6 is 11.6 Å². The summed E-state index contributed by atoms with van der Waals surface area (Å²) in [4.78, 5) is 29.0. The Balaban J connectivity index is 1.56. The van der Waals surface area contributed by atoms with Gasteiger partial charge in [0.05, 0.1) is 24.0 Å². The molecular weight excluding hydrogens is 394 g/mol. The van der Waals surface area contributed by atoms with Gasteiger partial charge in [0.25, 0.3) is 5.91 Å². The number of methoxy groups -OCH3 is 1. The van der Waals surface area contributed by atoms with Crippen LogP contribution in [0.3, 0.4) is 0 Å². The summed E-state index contributed by atoms with van der Waals surface area (Å²) in [6.07, 6.45) is 0. The number of amides is 1. The molecule has 3 aromatic rings. The van der Waals surface area contributed by atoms with Crippen LogP contribution in [0.15, 0.2) is 83.0 Å². The SMILES string of the molecule is COc1ccc(C(=O)N=Nc2ccc(NOC(=O)c3cccc(Cl)c3)cc2)cc1. The number of nitrogens with zero attached hydrogens (tertiary/aromatic N) is 2.